The van der Waals surface area contributed by atoms with Crippen LogP contribution >= 0.6 is 0 Å². The topological polar surface area (TPSA) is 26.0 Å². The highest BCUT2D eigenvalue weighted by Crippen LogP contribution is 1.72. The zero-order chi connectivity index (χ0) is 4.28. The minimum atomic E-state index is 0.500. The van der Waals surface area contributed by atoms with Gasteiger partial charge in [0.05, 0.1) is 0 Å². The van der Waals surface area contributed by atoms with E-state index in [-0.39, 0.29) is 0 Å². The lowest BCUT2D eigenvalue weighted by atomic mass is 10.4. The Balaban J connectivity index is 2.85. The molecular weight excluding hydrogens is 62.1 g/mol. The third-order valence-corrected chi connectivity index (χ3v) is 0.289. The van der Waals surface area contributed by atoms with Gasteiger partial charge in [0.1, 0.15) is 0 Å². The van der Waals surface area contributed by atoms with Crippen LogP contribution in [-0.4, -0.2) is 6.54 Å². The van der Waals surface area contributed by atoms with Crippen LogP contribution in [0.4, 0.5) is 0 Å². The lowest BCUT2D eigenvalue weighted by Gasteiger charge is -1.80. The van der Waals surface area contributed by atoms with Crippen molar-refractivity contribution in [2.75, 3.05) is 6.54 Å². The molecule has 0 aromatic rings. The van der Waals surface area contributed by atoms with Crippen molar-refractivity contribution in [3.05, 3.63) is 19.1 Å². The first-order valence-corrected chi connectivity index (χ1v) is 1.47. The Morgan fingerprint density at radius 2 is 2.00 bits per heavy atom. The minimum Gasteiger partial charge on any atom is -0.327 e. The fourth-order valence-corrected chi connectivity index (χ4v) is 0. The van der Waals surface area contributed by atoms with Gasteiger partial charge in [-0.15, -0.1) is 0 Å². The van der Waals surface area contributed by atoms with Crippen LogP contribution in [0, 0.1) is 6.92 Å². The molecule has 29 valence electrons. The van der Waals surface area contributed by atoms with Crippen molar-refractivity contribution in [3.8, 4) is 0 Å². The maximum Gasteiger partial charge on any atom is 0.0134 e. The van der Waals surface area contributed by atoms with Crippen molar-refractivity contribution in [2.24, 2.45) is 5.73 Å². The molecule has 0 aliphatic heterocycles. The van der Waals surface area contributed by atoms with Gasteiger partial charge in [-0.25, -0.2) is 0 Å². The standard InChI is InChI=1S/C4H8N/c1-4(2)3-5/h1-3,5H2. The first-order valence-electron chi connectivity index (χ1n) is 1.47. The molecule has 0 spiro atoms. The van der Waals surface area contributed by atoms with E-state index in [2.05, 4.69) is 13.5 Å². The highest BCUT2D eigenvalue weighted by Gasteiger charge is 1.67. The van der Waals surface area contributed by atoms with Crippen LogP contribution in [-0.2, 0) is 0 Å². The summed E-state index contributed by atoms with van der Waals surface area (Å²) in [5.74, 6) is 0. The summed E-state index contributed by atoms with van der Waals surface area (Å²) in [7, 11) is 0. The smallest absolute Gasteiger partial charge is 0.0134 e. The molecule has 0 heterocycles. The van der Waals surface area contributed by atoms with Crippen molar-refractivity contribution in [2.45, 2.75) is 0 Å². The quantitative estimate of drug-likeness (QED) is 0.473. The second-order valence-electron chi connectivity index (χ2n) is 0.954. The van der Waals surface area contributed by atoms with E-state index in [1.54, 1.807) is 0 Å². The summed E-state index contributed by atoms with van der Waals surface area (Å²) >= 11 is 0. The number of nitrogens with two attached hydrogens (primary N) is 1. The minimum absolute atomic E-state index is 0.500. The fraction of sp³-hybridized carbons (Fsp3) is 0.250. The molecule has 2 N–H and O–H groups in total. The Hall–Kier alpha value is -0.300. The van der Waals surface area contributed by atoms with Crippen molar-refractivity contribution in [3.63, 3.8) is 0 Å². The van der Waals surface area contributed by atoms with Gasteiger partial charge >= 0.3 is 0 Å². The molecule has 0 amide bonds. The lowest BCUT2D eigenvalue weighted by Crippen LogP contribution is -1.97. The molecule has 1 heteroatoms. The van der Waals surface area contributed by atoms with Crippen LogP contribution < -0.4 is 5.73 Å². The summed E-state index contributed by atoms with van der Waals surface area (Å²) in [5.41, 5.74) is 5.79. The molecule has 0 fully saturated rings. The summed E-state index contributed by atoms with van der Waals surface area (Å²) in [5, 5.41) is 0. The molecule has 1 radical (unpaired) electrons. The summed E-state index contributed by atoms with van der Waals surface area (Å²) < 4.78 is 0. The average molecular weight is 70.1 g/mol. The molecule has 0 aromatic heterocycles. The summed E-state index contributed by atoms with van der Waals surface area (Å²) in [6.07, 6.45) is 0. The molecule has 0 rings (SSSR count). The SMILES string of the molecule is [CH2]C(=C)CN. The fourth-order valence-electron chi connectivity index (χ4n) is 0. The molecule has 0 unspecified atom stereocenters. The summed E-state index contributed by atoms with van der Waals surface area (Å²) in [4.78, 5) is 0. The van der Waals surface area contributed by atoms with Crippen molar-refractivity contribution < 1.29 is 0 Å². The second kappa shape index (κ2) is 1.97. The predicted octanol–water partition coefficient (Wildman–Crippen LogP) is 0.335. The third kappa shape index (κ3) is 3.70. The van der Waals surface area contributed by atoms with E-state index in [0.29, 0.717) is 6.54 Å². The second-order valence-corrected chi connectivity index (χ2v) is 0.954. The van der Waals surface area contributed by atoms with Crippen LogP contribution in [0.1, 0.15) is 0 Å². The predicted molar refractivity (Wildman–Crippen MR) is 23.6 cm³/mol. The highest BCUT2D eigenvalue weighted by atomic mass is 14.5. The molecule has 0 aliphatic rings. The van der Waals surface area contributed by atoms with Crippen molar-refractivity contribution in [1.82, 2.24) is 0 Å². The Kier molecular flexibility index (Phi) is 1.85. The van der Waals surface area contributed by atoms with Crippen LogP contribution in [0.25, 0.3) is 0 Å². The largest absolute Gasteiger partial charge is 0.327 e. The third-order valence-electron chi connectivity index (χ3n) is 0.289. The summed E-state index contributed by atoms with van der Waals surface area (Å²) in [6, 6.07) is 0. The Morgan fingerprint density at radius 1 is 1.80 bits per heavy atom. The van der Waals surface area contributed by atoms with Gasteiger partial charge in [0.25, 0.3) is 0 Å². The number of rotatable bonds is 1. The average Bonchev–Trinajstić information content (AvgIpc) is 1.38. The Labute approximate surface area is 32.5 Å². The lowest BCUT2D eigenvalue weighted by molar-refractivity contribution is 1.20. The van der Waals surface area contributed by atoms with Crippen molar-refractivity contribution >= 4 is 0 Å². The number of hydrogen-bond donors (Lipinski definition) is 1. The first-order chi connectivity index (χ1) is 2.27. The zero-order valence-electron chi connectivity index (χ0n) is 3.20. The maximum atomic E-state index is 5.01. The van der Waals surface area contributed by atoms with Gasteiger partial charge in [0.15, 0.2) is 0 Å². The van der Waals surface area contributed by atoms with Crippen molar-refractivity contribution in [1.29, 1.82) is 0 Å². The molecule has 0 atom stereocenters. The van der Waals surface area contributed by atoms with Gasteiger partial charge in [-0.05, 0) is 6.92 Å². The van der Waals surface area contributed by atoms with Gasteiger partial charge in [-0.2, -0.15) is 0 Å². The number of hydrogen-bond acceptors (Lipinski definition) is 1. The van der Waals surface area contributed by atoms with Gasteiger partial charge < -0.3 is 5.73 Å². The van der Waals surface area contributed by atoms with Crippen LogP contribution in [0.5, 0.6) is 0 Å². The van der Waals surface area contributed by atoms with E-state index in [1.807, 2.05) is 0 Å². The Morgan fingerprint density at radius 3 is 2.00 bits per heavy atom. The highest BCUT2D eigenvalue weighted by molar-refractivity contribution is 4.97. The first kappa shape index (κ1) is 4.70. The summed E-state index contributed by atoms with van der Waals surface area (Å²) in [6.45, 7) is 7.38. The molecule has 0 aromatic carbocycles. The molecule has 0 saturated carbocycles. The van der Waals surface area contributed by atoms with E-state index in [1.165, 1.54) is 0 Å². The molecule has 0 saturated heterocycles. The monoisotopic (exact) mass is 70.1 g/mol. The Bertz CT molecular complexity index is 38.9. The van der Waals surface area contributed by atoms with Gasteiger partial charge in [-0.3, -0.25) is 0 Å². The van der Waals surface area contributed by atoms with Crippen LogP contribution in [0.15, 0.2) is 12.2 Å². The van der Waals surface area contributed by atoms with E-state index in [0.717, 1.165) is 5.57 Å². The molecule has 0 aliphatic carbocycles. The van der Waals surface area contributed by atoms with E-state index in [9.17, 15) is 0 Å². The van der Waals surface area contributed by atoms with E-state index < -0.39 is 0 Å². The maximum absolute atomic E-state index is 5.01. The van der Waals surface area contributed by atoms with Gasteiger partial charge in [0.2, 0.25) is 0 Å². The molecule has 5 heavy (non-hydrogen) atoms. The molecule has 1 nitrogen and oxygen atoms in total. The molecule has 0 bridgehead atoms. The normalized spacial score (nSPS) is 7.60. The molecular formula is C4H8N. The van der Waals surface area contributed by atoms with E-state index in [4.69, 9.17) is 5.73 Å². The van der Waals surface area contributed by atoms with Gasteiger partial charge in [0, 0.05) is 6.54 Å². The van der Waals surface area contributed by atoms with Crippen LogP contribution in [0.2, 0.25) is 0 Å². The van der Waals surface area contributed by atoms with Crippen LogP contribution in [0.3, 0.4) is 0 Å². The van der Waals surface area contributed by atoms with Gasteiger partial charge in [-0.1, -0.05) is 12.2 Å². The zero-order valence-corrected chi connectivity index (χ0v) is 3.20. The van der Waals surface area contributed by atoms with E-state index >= 15 is 0 Å².